The van der Waals surface area contributed by atoms with E-state index in [1.165, 1.54) is 0 Å². The van der Waals surface area contributed by atoms with Gasteiger partial charge in [-0.1, -0.05) is 0 Å². The summed E-state index contributed by atoms with van der Waals surface area (Å²) in [6.07, 6.45) is 1.89. The van der Waals surface area contributed by atoms with E-state index in [4.69, 9.17) is 16.3 Å². The van der Waals surface area contributed by atoms with Crippen LogP contribution in [0.25, 0.3) is 0 Å². The monoisotopic (exact) mass is 281 g/mol. The highest BCUT2D eigenvalue weighted by molar-refractivity contribution is 6.30. The topological polar surface area (TPSA) is 55.4 Å². The van der Waals surface area contributed by atoms with E-state index in [1.54, 1.807) is 18.2 Å². The van der Waals surface area contributed by atoms with Gasteiger partial charge in [0.2, 0.25) is 5.91 Å². The van der Waals surface area contributed by atoms with Crippen molar-refractivity contribution in [1.82, 2.24) is 0 Å². The van der Waals surface area contributed by atoms with Crippen molar-refractivity contribution in [3.63, 3.8) is 0 Å². The van der Waals surface area contributed by atoms with E-state index in [0.29, 0.717) is 23.6 Å². The molecular weight excluding hydrogens is 266 g/mol. The van der Waals surface area contributed by atoms with Gasteiger partial charge in [-0.25, -0.2) is 0 Å². The normalized spacial score (nSPS) is 14.0. The standard InChI is InChI=1S/C14H16ClNO3/c1-2-19-13-7-10(12(17)8-15)5-6-11(13)16-14(18)9-3-4-9/h5-7,9H,2-4,8H2,1H3,(H,16,18). The molecule has 1 saturated carbocycles. The highest BCUT2D eigenvalue weighted by Gasteiger charge is 2.30. The molecule has 1 N–H and O–H groups in total. The van der Waals surface area contributed by atoms with Crippen molar-refractivity contribution in [3.05, 3.63) is 23.8 Å². The molecule has 0 radical (unpaired) electrons. The predicted molar refractivity (Wildman–Crippen MR) is 74.0 cm³/mol. The molecule has 0 spiro atoms. The second-order valence-corrected chi connectivity index (χ2v) is 4.73. The number of benzene rings is 1. The van der Waals surface area contributed by atoms with Crippen molar-refractivity contribution in [3.8, 4) is 5.75 Å². The molecule has 0 atom stereocenters. The van der Waals surface area contributed by atoms with Crippen LogP contribution < -0.4 is 10.1 Å². The molecule has 0 aliphatic heterocycles. The summed E-state index contributed by atoms with van der Waals surface area (Å²) < 4.78 is 5.46. The summed E-state index contributed by atoms with van der Waals surface area (Å²) >= 11 is 5.53. The van der Waals surface area contributed by atoms with Crippen LogP contribution in [0.1, 0.15) is 30.1 Å². The number of alkyl halides is 1. The SMILES string of the molecule is CCOc1cc(C(=O)CCl)ccc1NC(=O)C1CC1. The van der Waals surface area contributed by atoms with Gasteiger partial charge in [-0.05, 0) is 38.0 Å². The van der Waals surface area contributed by atoms with E-state index in [1.807, 2.05) is 6.92 Å². The van der Waals surface area contributed by atoms with Crippen molar-refractivity contribution in [2.24, 2.45) is 5.92 Å². The number of anilines is 1. The lowest BCUT2D eigenvalue weighted by Gasteiger charge is -2.12. The van der Waals surface area contributed by atoms with Gasteiger partial charge >= 0.3 is 0 Å². The fraction of sp³-hybridized carbons (Fsp3) is 0.429. The summed E-state index contributed by atoms with van der Waals surface area (Å²) in [6.45, 7) is 2.31. The quantitative estimate of drug-likeness (QED) is 0.644. The van der Waals surface area contributed by atoms with Crippen molar-refractivity contribution < 1.29 is 14.3 Å². The van der Waals surface area contributed by atoms with Gasteiger partial charge < -0.3 is 10.1 Å². The molecule has 0 saturated heterocycles. The molecule has 4 nitrogen and oxygen atoms in total. The van der Waals surface area contributed by atoms with E-state index in [0.717, 1.165) is 12.8 Å². The molecule has 1 aliphatic carbocycles. The summed E-state index contributed by atoms with van der Waals surface area (Å²) in [5, 5.41) is 2.83. The minimum Gasteiger partial charge on any atom is -0.492 e. The van der Waals surface area contributed by atoms with Crippen LogP contribution in [-0.2, 0) is 4.79 Å². The van der Waals surface area contributed by atoms with Crippen molar-refractivity contribution >= 4 is 29.0 Å². The van der Waals surface area contributed by atoms with Gasteiger partial charge in [-0.3, -0.25) is 9.59 Å². The molecule has 1 aromatic carbocycles. The molecule has 2 rings (SSSR count). The first-order valence-corrected chi connectivity index (χ1v) is 6.86. The first-order chi connectivity index (χ1) is 9.15. The molecule has 0 bridgehead atoms. The number of ether oxygens (including phenoxy) is 1. The van der Waals surface area contributed by atoms with Gasteiger partial charge in [0.25, 0.3) is 0 Å². The third kappa shape index (κ3) is 3.47. The second kappa shape index (κ2) is 6.06. The van der Waals surface area contributed by atoms with Gasteiger partial charge in [-0.15, -0.1) is 11.6 Å². The van der Waals surface area contributed by atoms with Crippen molar-refractivity contribution in [1.29, 1.82) is 0 Å². The van der Waals surface area contributed by atoms with Crippen LogP contribution in [0.3, 0.4) is 0 Å². The number of hydrogen-bond acceptors (Lipinski definition) is 3. The van der Waals surface area contributed by atoms with Crippen LogP contribution in [-0.4, -0.2) is 24.2 Å². The van der Waals surface area contributed by atoms with E-state index < -0.39 is 0 Å². The Kier molecular flexibility index (Phi) is 4.43. The fourth-order valence-corrected chi connectivity index (χ4v) is 1.89. The maximum atomic E-state index is 11.8. The zero-order valence-electron chi connectivity index (χ0n) is 10.7. The highest BCUT2D eigenvalue weighted by atomic mass is 35.5. The number of halogens is 1. The molecule has 19 heavy (non-hydrogen) atoms. The Balaban J connectivity index is 2.20. The maximum absolute atomic E-state index is 11.8. The minimum atomic E-state index is -0.164. The van der Waals surface area contributed by atoms with Crippen molar-refractivity contribution in [2.75, 3.05) is 17.8 Å². The molecule has 0 aromatic heterocycles. The van der Waals surface area contributed by atoms with Crippen LogP contribution in [0, 0.1) is 5.92 Å². The van der Waals surface area contributed by atoms with Crippen molar-refractivity contribution in [2.45, 2.75) is 19.8 Å². The van der Waals surface area contributed by atoms with Gasteiger partial charge in [0.15, 0.2) is 5.78 Å². The first-order valence-electron chi connectivity index (χ1n) is 6.32. The Morgan fingerprint density at radius 2 is 2.16 bits per heavy atom. The summed E-state index contributed by atoms with van der Waals surface area (Å²) in [7, 11) is 0. The number of rotatable bonds is 6. The van der Waals surface area contributed by atoms with E-state index in [2.05, 4.69) is 5.32 Å². The van der Waals surface area contributed by atoms with E-state index in [9.17, 15) is 9.59 Å². The average Bonchev–Trinajstić information content (AvgIpc) is 3.24. The lowest BCUT2D eigenvalue weighted by atomic mass is 10.1. The summed E-state index contributed by atoms with van der Waals surface area (Å²) in [5.74, 6) is 0.408. The molecule has 102 valence electrons. The number of carbonyl (C=O) groups is 2. The molecule has 0 heterocycles. The summed E-state index contributed by atoms with van der Waals surface area (Å²) in [4.78, 5) is 23.3. The number of hydrogen-bond donors (Lipinski definition) is 1. The molecule has 1 amide bonds. The zero-order chi connectivity index (χ0) is 13.8. The first kappa shape index (κ1) is 13.9. The van der Waals surface area contributed by atoms with Gasteiger partial charge in [0.05, 0.1) is 18.2 Å². The van der Waals surface area contributed by atoms with Crippen LogP contribution in [0.15, 0.2) is 18.2 Å². The second-order valence-electron chi connectivity index (χ2n) is 4.46. The number of nitrogens with one attached hydrogen (secondary N) is 1. The molecule has 1 aliphatic rings. The van der Waals surface area contributed by atoms with Crippen LogP contribution in [0.5, 0.6) is 5.75 Å². The largest absolute Gasteiger partial charge is 0.492 e. The number of ketones is 1. The summed E-state index contributed by atoms with van der Waals surface area (Å²) in [6, 6.07) is 4.96. The molecule has 1 aromatic rings. The molecule has 1 fully saturated rings. The number of carbonyl (C=O) groups excluding carboxylic acids is 2. The number of amides is 1. The smallest absolute Gasteiger partial charge is 0.227 e. The minimum absolute atomic E-state index is 0.0115. The Labute approximate surface area is 117 Å². The molecule has 0 unspecified atom stereocenters. The summed E-state index contributed by atoms with van der Waals surface area (Å²) in [5.41, 5.74) is 1.09. The lowest BCUT2D eigenvalue weighted by Crippen LogP contribution is -2.14. The highest BCUT2D eigenvalue weighted by Crippen LogP contribution is 2.32. The van der Waals surface area contributed by atoms with E-state index in [-0.39, 0.29) is 23.5 Å². The maximum Gasteiger partial charge on any atom is 0.227 e. The fourth-order valence-electron chi connectivity index (χ4n) is 1.73. The zero-order valence-corrected chi connectivity index (χ0v) is 11.5. The van der Waals surface area contributed by atoms with Gasteiger partial charge in [0.1, 0.15) is 5.75 Å². The van der Waals surface area contributed by atoms with E-state index >= 15 is 0 Å². The van der Waals surface area contributed by atoms with Gasteiger partial charge in [-0.2, -0.15) is 0 Å². The Hall–Kier alpha value is -1.55. The van der Waals surface area contributed by atoms with Crippen LogP contribution in [0.2, 0.25) is 0 Å². The Morgan fingerprint density at radius 3 is 2.74 bits per heavy atom. The van der Waals surface area contributed by atoms with Crippen LogP contribution in [0.4, 0.5) is 5.69 Å². The van der Waals surface area contributed by atoms with Gasteiger partial charge in [0, 0.05) is 11.5 Å². The molecular formula is C14H16ClNO3. The Morgan fingerprint density at radius 1 is 1.42 bits per heavy atom. The van der Waals surface area contributed by atoms with Crippen LogP contribution >= 0.6 is 11.6 Å². The lowest BCUT2D eigenvalue weighted by molar-refractivity contribution is -0.117. The Bertz CT molecular complexity index is 497. The third-order valence-corrected chi connectivity index (χ3v) is 3.17. The third-order valence-electron chi connectivity index (χ3n) is 2.93. The molecule has 5 heteroatoms. The number of Topliss-reactive ketones (excluding diaryl/α,β-unsaturated/α-hetero) is 1. The predicted octanol–water partition coefficient (Wildman–Crippen LogP) is 2.86. The average molecular weight is 282 g/mol.